The lowest BCUT2D eigenvalue weighted by Gasteiger charge is -2.33. The highest BCUT2D eigenvalue weighted by molar-refractivity contribution is 7.92. The summed E-state index contributed by atoms with van der Waals surface area (Å²) in [5.74, 6) is -0.507. The summed E-state index contributed by atoms with van der Waals surface area (Å²) >= 11 is 0. The highest BCUT2D eigenvalue weighted by Crippen LogP contribution is 2.20. The van der Waals surface area contributed by atoms with Crippen molar-refractivity contribution in [1.82, 2.24) is 4.90 Å². The molecule has 158 valence electrons. The molecule has 2 aromatic rings. The summed E-state index contributed by atoms with van der Waals surface area (Å²) in [4.78, 5) is 14.5. The molecule has 0 saturated heterocycles. The van der Waals surface area contributed by atoms with Gasteiger partial charge in [-0.25, -0.2) is 12.8 Å². The molecule has 0 heterocycles. The summed E-state index contributed by atoms with van der Waals surface area (Å²) in [6.07, 6.45) is 0. The van der Waals surface area contributed by atoms with Crippen LogP contribution in [0.4, 0.5) is 15.8 Å². The molecule has 2 N–H and O–H groups in total. The predicted molar refractivity (Wildman–Crippen MR) is 114 cm³/mol. The molecule has 0 aromatic heterocycles. The SMILES string of the molecule is CC(Nc1ccc(NS(=O)(=O)c2ccc(F)cc2)cc1)C(=O)N(C(C)C)C(C)C. The molecule has 8 heteroatoms. The van der Waals surface area contributed by atoms with Crippen molar-refractivity contribution < 1.29 is 17.6 Å². The Morgan fingerprint density at radius 3 is 1.83 bits per heavy atom. The second-order valence-corrected chi connectivity index (χ2v) is 9.12. The highest BCUT2D eigenvalue weighted by Gasteiger charge is 2.25. The van der Waals surface area contributed by atoms with Crippen molar-refractivity contribution in [2.75, 3.05) is 10.0 Å². The number of benzene rings is 2. The van der Waals surface area contributed by atoms with Crippen LogP contribution in [0.15, 0.2) is 53.4 Å². The molecule has 6 nitrogen and oxygen atoms in total. The Balaban J connectivity index is 2.06. The van der Waals surface area contributed by atoms with Gasteiger partial charge < -0.3 is 10.2 Å². The maximum absolute atomic E-state index is 13.0. The molecular formula is C21H28FN3O3S. The van der Waals surface area contributed by atoms with E-state index in [2.05, 4.69) is 10.0 Å². The molecule has 0 aliphatic carbocycles. The number of hydrogen-bond donors (Lipinski definition) is 2. The summed E-state index contributed by atoms with van der Waals surface area (Å²) in [7, 11) is -3.81. The van der Waals surface area contributed by atoms with Crippen molar-refractivity contribution in [3.8, 4) is 0 Å². The number of anilines is 2. The first-order valence-electron chi connectivity index (χ1n) is 9.48. The topological polar surface area (TPSA) is 78.5 Å². The molecule has 0 aliphatic rings. The molecule has 0 radical (unpaired) electrons. The minimum absolute atomic E-state index is 0.00362. The summed E-state index contributed by atoms with van der Waals surface area (Å²) in [5, 5.41) is 3.15. The van der Waals surface area contributed by atoms with E-state index in [0.29, 0.717) is 11.4 Å². The van der Waals surface area contributed by atoms with Crippen LogP contribution in [0.1, 0.15) is 34.6 Å². The minimum atomic E-state index is -3.81. The van der Waals surface area contributed by atoms with E-state index in [-0.39, 0.29) is 22.9 Å². The summed E-state index contributed by atoms with van der Waals surface area (Å²) in [6, 6.07) is 10.9. The monoisotopic (exact) mass is 421 g/mol. The fourth-order valence-corrected chi connectivity index (χ4v) is 4.16. The first-order valence-corrected chi connectivity index (χ1v) is 11.0. The van der Waals surface area contributed by atoms with Crippen molar-refractivity contribution in [2.24, 2.45) is 0 Å². The van der Waals surface area contributed by atoms with Crippen LogP contribution in [0, 0.1) is 5.82 Å². The van der Waals surface area contributed by atoms with Gasteiger partial charge in [-0.15, -0.1) is 0 Å². The van der Waals surface area contributed by atoms with Crippen LogP contribution < -0.4 is 10.0 Å². The average molecular weight is 422 g/mol. The fourth-order valence-electron chi connectivity index (χ4n) is 3.10. The van der Waals surface area contributed by atoms with Crippen LogP contribution in [0.3, 0.4) is 0 Å². The molecule has 2 rings (SSSR count). The van der Waals surface area contributed by atoms with Gasteiger partial charge in [0, 0.05) is 23.5 Å². The molecule has 29 heavy (non-hydrogen) atoms. The van der Waals surface area contributed by atoms with E-state index in [1.165, 1.54) is 12.1 Å². The van der Waals surface area contributed by atoms with Crippen LogP contribution in [0.2, 0.25) is 0 Å². The molecule has 2 aromatic carbocycles. The van der Waals surface area contributed by atoms with Gasteiger partial charge in [-0.3, -0.25) is 9.52 Å². The quantitative estimate of drug-likeness (QED) is 0.673. The van der Waals surface area contributed by atoms with Crippen molar-refractivity contribution in [3.63, 3.8) is 0 Å². The molecule has 1 atom stereocenters. The lowest BCUT2D eigenvalue weighted by Crippen LogP contribution is -2.48. The molecule has 0 bridgehead atoms. The van der Waals surface area contributed by atoms with Gasteiger partial charge in [0.05, 0.1) is 4.90 Å². The van der Waals surface area contributed by atoms with Gasteiger partial charge in [-0.05, 0) is 83.1 Å². The highest BCUT2D eigenvalue weighted by atomic mass is 32.2. The molecular weight excluding hydrogens is 393 g/mol. The first-order chi connectivity index (χ1) is 13.5. The number of sulfonamides is 1. The lowest BCUT2D eigenvalue weighted by molar-refractivity contribution is -0.135. The number of halogens is 1. The lowest BCUT2D eigenvalue weighted by atomic mass is 10.1. The zero-order chi connectivity index (χ0) is 21.8. The van der Waals surface area contributed by atoms with Crippen LogP contribution >= 0.6 is 0 Å². The van der Waals surface area contributed by atoms with Gasteiger partial charge >= 0.3 is 0 Å². The van der Waals surface area contributed by atoms with E-state index in [1.54, 1.807) is 31.2 Å². The third kappa shape index (κ3) is 5.93. The van der Waals surface area contributed by atoms with Gasteiger partial charge in [0.2, 0.25) is 5.91 Å². The number of carbonyl (C=O) groups excluding carboxylic acids is 1. The van der Waals surface area contributed by atoms with E-state index in [0.717, 1.165) is 12.1 Å². The van der Waals surface area contributed by atoms with Gasteiger partial charge in [0.1, 0.15) is 11.9 Å². The first kappa shape index (κ1) is 22.7. The number of rotatable bonds is 8. The molecule has 0 saturated carbocycles. The Morgan fingerprint density at radius 1 is 0.862 bits per heavy atom. The zero-order valence-electron chi connectivity index (χ0n) is 17.3. The zero-order valence-corrected chi connectivity index (χ0v) is 18.1. The van der Waals surface area contributed by atoms with Gasteiger partial charge in [0.15, 0.2) is 0 Å². The Bertz CT molecular complexity index is 919. The predicted octanol–water partition coefficient (Wildman–Crippen LogP) is 4.07. The second-order valence-electron chi connectivity index (χ2n) is 7.44. The molecule has 1 unspecified atom stereocenters. The molecule has 0 spiro atoms. The Morgan fingerprint density at radius 2 is 1.34 bits per heavy atom. The number of nitrogens with one attached hydrogen (secondary N) is 2. The molecule has 0 aliphatic heterocycles. The minimum Gasteiger partial charge on any atom is -0.374 e. The Hall–Kier alpha value is -2.61. The van der Waals surface area contributed by atoms with Crippen LogP contribution in [-0.2, 0) is 14.8 Å². The van der Waals surface area contributed by atoms with E-state index in [9.17, 15) is 17.6 Å². The normalized spacial score (nSPS) is 12.7. The van der Waals surface area contributed by atoms with E-state index in [4.69, 9.17) is 0 Å². The summed E-state index contributed by atoms with van der Waals surface area (Å²) in [5.41, 5.74) is 1.06. The maximum atomic E-state index is 13.0. The molecule has 1 amide bonds. The smallest absolute Gasteiger partial charge is 0.261 e. The fraction of sp³-hybridized carbons (Fsp3) is 0.381. The van der Waals surface area contributed by atoms with Gasteiger partial charge in [-0.1, -0.05) is 0 Å². The molecule has 0 fully saturated rings. The van der Waals surface area contributed by atoms with Gasteiger partial charge in [-0.2, -0.15) is 0 Å². The number of hydrogen-bond acceptors (Lipinski definition) is 4. The van der Waals surface area contributed by atoms with Crippen LogP contribution in [-0.4, -0.2) is 37.4 Å². The van der Waals surface area contributed by atoms with Crippen molar-refractivity contribution in [2.45, 2.75) is 57.6 Å². The maximum Gasteiger partial charge on any atom is 0.261 e. The van der Waals surface area contributed by atoms with Crippen molar-refractivity contribution >= 4 is 27.3 Å². The van der Waals surface area contributed by atoms with E-state index >= 15 is 0 Å². The largest absolute Gasteiger partial charge is 0.374 e. The third-order valence-corrected chi connectivity index (χ3v) is 5.78. The second kappa shape index (κ2) is 9.26. The number of amides is 1. The van der Waals surface area contributed by atoms with E-state index in [1.807, 2.05) is 32.6 Å². The third-order valence-electron chi connectivity index (χ3n) is 4.38. The van der Waals surface area contributed by atoms with Crippen LogP contribution in [0.25, 0.3) is 0 Å². The number of nitrogens with zero attached hydrogens (tertiary/aromatic N) is 1. The van der Waals surface area contributed by atoms with E-state index < -0.39 is 21.9 Å². The Kier molecular flexibility index (Phi) is 7.24. The van der Waals surface area contributed by atoms with Crippen molar-refractivity contribution in [3.05, 3.63) is 54.3 Å². The van der Waals surface area contributed by atoms with Crippen LogP contribution in [0.5, 0.6) is 0 Å². The Labute approximate surface area is 172 Å². The average Bonchev–Trinajstić information content (AvgIpc) is 2.62. The standard InChI is InChI=1S/C21H28FN3O3S/c1-14(2)25(15(3)4)21(26)16(5)23-18-8-10-19(11-9-18)24-29(27,28)20-12-6-17(22)7-13-20/h6-16,23-24H,1-5H3. The van der Waals surface area contributed by atoms with Crippen molar-refractivity contribution in [1.29, 1.82) is 0 Å². The summed E-state index contributed by atoms with van der Waals surface area (Å²) < 4.78 is 40.2. The summed E-state index contributed by atoms with van der Waals surface area (Å²) in [6.45, 7) is 9.71. The number of carbonyl (C=O) groups is 1. The van der Waals surface area contributed by atoms with Gasteiger partial charge in [0.25, 0.3) is 10.0 Å².